The summed E-state index contributed by atoms with van der Waals surface area (Å²) in [6.07, 6.45) is 5.29. The molecule has 1 aliphatic heterocycles. The first-order valence-corrected chi connectivity index (χ1v) is 7.71. The molecule has 1 heterocycles. The number of para-hydroxylation sites is 1. The summed E-state index contributed by atoms with van der Waals surface area (Å²) in [5.74, 6) is 3.31. The molecule has 0 aromatic heterocycles. The van der Waals surface area contributed by atoms with Gasteiger partial charge in [-0.05, 0) is 18.6 Å². The van der Waals surface area contributed by atoms with Crippen molar-refractivity contribution in [1.29, 1.82) is 0 Å². The first-order valence-electron chi connectivity index (χ1n) is 7.71. The minimum absolute atomic E-state index is 0.469. The molecule has 1 fully saturated rings. The van der Waals surface area contributed by atoms with E-state index in [4.69, 9.17) is 11.2 Å². The lowest BCUT2D eigenvalue weighted by atomic mass is 10.1. The van der Waals surface area contributed by atoms with Crippen LogP contribution in [0.5, 0.6) is 0 Å². The maximum atomic E-state index is 5.43. The van der Waals surface area contributed by atoms with Gasteiger partial charge in [-0.15, -0.1) is 6.42 Å². The normalized spacial score (nSPS) is 15.3. The molecule has 0 saturated carbocycles. The average Bonchev–Trinajstić information content (AvgIpc) is 2.58. The Morgan fingerprint density at radius 2 is 2.09 bits per heavy atom. The monoisotopic (exact) mass is 300 g/mol. The van der Waals surface area contributed by atoms with Gasteiger partial charge in [-0.2, -0.15) is 0 Å². The minimum atomic E-state index is 0.469. The van der Waals surface area contributed by atoms with Crippen molar-refractivity contribution in [2.24, 2.45) is 4.99 Å². The topological polar surface area (TPSA) is 48.9 Å². The molecule has 5 nitrogen and oxygen atoms in total. The van der Waals surface area contributed by atoms with Crippen LogP contribution in [0, 0.1) is 12.3 Å². The first kappa shape index (κ1) is 16.2. The number of hydrogen-bond acceptors (Lipinski definition) is 3. The van der Waals surface area contributed by atoms with Gasteiger partial charge < -0.3 is 20.3 Å². The summed E-state index contributed by atoms with van der Waals surface area (Å²) in [5, 5.41) is 6.31. The molecule has 22 heavy (non-hydrogen) atoms. The van der Waals surface area contributed by atoms with E-state index in [1.807, 2.05) is 6.92 Å². The molecule has 0 radical (unpaired) electrons. The summed E-state index contributed by atoms with van der Waals surface area (Å²) < 4.78 is 5.43. The molecule has 0 aliphatic carbocycles. The summed E-state index contributed by atoms with van der Waals surface area (Å²) >= 11 is 0. The van der Waals surface area contributed by atoms with Crippen LogP contribution < -0.4 is 15.5 Å². The second-order valence-electron chi connectivity index (χ2n) is 4.98. The quantitative estimate of drug-likeness (QED) is 0.487. The zero-order chi connectivity index (χ0) is 15.6. The minimum Gasteiger partial charge on any atom is -0.378 e. The highest BCUT2D eigenvalue weighted by atomic mass is 16.5. The molecule has 118 valence electrons. The van der Waals surface area contributed by atoms with Crippen molar-refractivity contribution in [1.82, 2.24) is 10.6 Å². The maximum absolute atomic E-state index is 5.43. The predicted molar refractivity (Wildman–Crippen MR) is 91.1 cm³/mol. The van der Waals surface area contributed by atoms with Gasteiger partial charge in [-0.3, -0.25) is 0 Å². The summed E-state index contributed by atoms with van der Waals surface area (Å²) in [6.45, 7) is 7.35. The van der Waals surface area contributed by atoms with Crippen LogP contribution in [0.1, 0.15) is 12.5 Å². The van der Waals surface area contributed by atoms with Crippen molar-refractivity contribution < 1.29 is 4.74 Å². The van der Waals surface area contributed by atoms with E-state index in [9.17, 15) is 0 Å². The van der Waals surface area contributed by atoms with Crippen molar-refractivity contribution >= 4 is 11.6 Å². The molecule has 0 atom stereocenters. The van der Waals surface area contributed by atoms with Crippen molar-refractivity contribution in [2.75, 3.05) is 44.3 Å². The number of guanidine groups is 1. The molecule has 2 N–H and O–H groups in total. The number of hydrogen-bond donors (Lipinski definition) is 2. The third-order valence-electron chi connectivity index (χ3n) is 3.45. The van der Waals surface area contributed by atoms with E-state index < -0.39 is 0 Å². The van der Waals surface area contributed by atoms with Gasteiger partial charge in [0, 0.05) is 25.3 Å². The summed E-state index contributed by atoms with van der Waals surface area (Å²) in [5.41, 5.74) is 2.45. The Labute approximate surface area is 132 Å². The molecule has 1 saturated heterocycles. The molecule has 0 bridgehead atoms. The van der Waals surface area contributed by atoms with Crippen molar-refractivity contribution in [3.8, 4) is 12.3 Å². The standard InChI is InChI=1S/C17H24N4O/c1-3-9-19-17(18-4-2)20-14-15-7-5-6-8-16(15)21-10-12-22-13-11-21/h1,5-8H,4,9-14H2,2H3,(H2,18,19,20). The lowest BCUT2D eigenvalue weighted by molar-refractivity contribution is 0.122. The smallest absolute Gasteiger partial charge is 0.192 e. The van der Waals surface area contributed by atoms with Gasteiger partial charge in [0.1, 0.15) is 0 Å². The van der Waals surface area contributed by atoms with Gasteiger partial charge in [-0.1, -0.05) is 24.1 Å². The van der Waals surface area contributed by atoms with Crippen molar-refractivity contribution in [3.63, 3.8) is 0 Å². The summed E-state index contributed by atoms with van der Waals surface area (Å²) in [7, 11) is 0. The zero-order valence-corrected chi connectivity index (χ0v) is 13.1. The fourth-order valence-electron chi connectivity index (χ4n) is 2.40. The van der Waals surface area contributed by atoms with E-state index in [1.165, 1.54) is 11.3 Å². The first-order chi connectivity index (χ1) is 10.8. The lowest BCUT2D eigenvalue weighted by Crippen LogP contribution is -2.38. The molecule has 5 heteroatoms. The SMILES string of the molecule is C#CCNC(=NCc1ccccc1N1CCOCC1)NCC. The third kappa shape index (κ3) is 4.68. The molecule has 1 aromatic carbocycles. The third-order valence-corrected chi connectivity index (χ3v) is 3.45. The van der Waals surface area contributed by atoms with Crippen LogP contribution >= 0.6 is 0 Å². The van der Waals surface area contributed by atoms with E-state index in [0.29, 0.717) is 13.1 Å². The van der Waals surface area contributed by atoms with Crippen LogP contribution in [0.2, 0.25) is 0 Å². The Morgan fingerprint density at radius 3 is 2.82 bits per heavy atom. The van der Waals surface area contributed by atoms with Gasteiger partial charge >= 0.3 is 0 Å². The van der Waals surface area contributed by atoms with Crippen LogP contribution in [-0.2, 0) is 11.3 Å². The molecule has 0 unspecified atom stereocenters. The van der Waals surface area contributed by atoms with Crippen molar-refractivity contribution in [2.45, 2.75) is 13.5 Å². The number of ether oxygens (including phenoxy) is 1. The Morgan fingerprint density at radius 1 is 1.32 bits per heavy atom. The number of morpholine rings is 1. The Hall–Kier alpha value is -2.19. The largest absolute Gasteiger partial charge is 0.378 e. The second-order valence-corrected chi connectivity index (χ2v) is 4.98. The fraction of sp³-hybridized carbons (Fsp3) is 0.471. The van der Waals surface area contributed by atoms with Gasteiger partial charge in [0.15, 0.2) is 5.96 Å². The summed E-state index contributed by atoms with van der Waals surface area (Å²) in [4.78, 5) is 6.97. The number of anilines is 1. The Balaban J connectivity index is 2.09. The van der Waals surface area contributed by atoms with Gasteiger partial charge in [-0.25, -0.2) is 4.99 Å². The summed E-state index contributed by atoms with van der Waals surface area (Å²) in [6, 6.07) is 8.40. The molecule has 1 aromatic rings. The van der Waals surface area contributed by atoms with Crippen LogP contribution in [0.25, 0.3) is 0 Å². The van der Waals surface area contributed by atoms with Crippen LogP contribution in [0.3, 0.4) is 0 Å². The molecule has 1 aliphatic rings. The van der Waals surface area contributed by atoms with E-state index >= 15 is 0 Å². The number of benzene rings is 1. The highest BCUT2D eigenvalue weighted by Gasteiger charge is 2.14. The fourth-order valence-corrected chi connectivity index (χ4v) is 2.40. The predicted octanol–water partition coefficient (Wildman–Crippen LogP) is 1.21. The van der Waals surface area contributed by atoms with Gasteiger partial charge in [0.05, 0.1) is 26.3 Å². The van der Waals surface area contributed by atoms with Gasteiger partial charge in [0.25, 0.3) is 0 Å². The van der Waals surface area contributed by atoms with Crippen LogP contribution in [0.4, 0.5) is 5.69 Å². The van der Waals surface area contributed by atoms with E-state index in [-0.39, 0.29) is 0 Å². The number of aliphatic imine (C=N–C) groups is 1. The number of nitrogens with one attached hydrogen (secondary N) is 2. The number of terminal acetylenes is 1. The molecular weight excluding hydrogens is 276 g/mol. The Bertz CT molecular complexity index is 530. The van der Waals surface area contributed by atoms with E-state index in [0.717, 1.165) is 38.8 Å². The van der Waals surface area contributed by atoms with Gasteiger partial charge in [0.2, 0.25) is 0 Å². The molecule has 2 rings (SSSR count). The molecule has 0 amide bonds. The lowest BCUT2D eigenvalue weighted by Gasteiger charge is -2.30. The zero-order valence-electron chi connectivity index (χ0n) is 13.1. The molecule has 0 spiro atoms. The maximum Gasteiger partial charge on any atom is 0.192 e. The highest BCUT2D eigenvalue weighted by molar-refractivity contribution is 5.80. The number of rotatable bonds is 5. The van der Waals surface area contributed by atoms with Crippen LogP contribution in [0.15, 0.2) is 29.3 Å². The average molecular weight is 300 g/mol. The van der Waals surface area contributed by atoms with Crippen LogP contribution in [-0.4, -0.2) is 45.4 Å². The highest BCUT2D eigenvalue weighted by Crippen LogP contribution is 2.22. The van der Waals surface area contributed by atoms with Crippen molar-refractivity contribution in [3.05, 3.63) is 29.8 Å². The second kappa shape index (κ2) is 8.96. The van der Waals surface area contributed by atoms with E-state index in [1.54, 1.807) is 0 Å². The molecular formula is C17H24N4O. The Kier molecular flexibility index (Phi) is 6.59. The van der Waals surface area contributed by atoms with E-state index in [2.05, 4.69) is 50.7 Å². The number of nitrogens with zero attached hydrogens (tertiary/aromatic N) is 2.